The molecule has 6 nitrogen and oxygen atoms in total. The molecule has 0 aliphatic carbocycles. The van der Waals surface area contributed by atoms with Gasteiger partial charge in [0, 0.05) is 29.4 Å². The second kappa shape index (κ2) is 11.3. The molecule has 0 bridgehead atoms. The third-order valence-electron chi connectivity index (χ3n) is 5.00. The molecule has 0 radical (unpaired) electrons. The van der Waals surface area contributed by atoms with Crippen LogP contribution in [0.1, 0.15) is 5.56 Å². The van der Waals surface area contributed by atoms with E-state index in [1.165, 1.54) is 18.2 Å². The minimum absolute atomic E-state index is 0.107. The van der Waals surface area contributed by atoms with Crippen molar-refractivity contribution in [1.82, 2.24) is 4.90 Å². The lowest BCUT2D eigenvalue weighted by molar-refractivity contribution is 0.151. The molecule has 0 unspecified atom stereocenters. The number of nitrogen functional groups attached to an aromatic ring is 1. The van der Waals surface area contributed by atoms with Crippen LogP contribution in [0, 0.1) is 17.5 Å². The van der Waals surface area contributed by atoms with Crippen LogP contribution in [0.5, 0.6) is 0 Å². The van der Waals surface area contributed by atoms with Gasteiger partial charge in [-0.25, -0.2) is 18.0 Å². The molecule has 3 aromatic rings. The Morgan fingerprint density at radius 1 is 1.00 bits per heavy atom. The number of likely N-dealkylation sites (N-methyl/N-ethyl adjacent to an activating group) is 1. The van der Waals surface area contributed by atoms with Crippen LogP contribution in [0.25, 0.3) is 16.8 Å². The van der Waals surface area contributed by atoms with Crippen LogP contribution in [0.15, 0.2) is 66.9 Å². The largest absolute Gasteiger partial charge is 0.448 e. The fraction of sp³-hybridized carbons (Fsp3) is 0.154. The SMILES string of the molecule is C=C=C(Nc1cc(-c2cc(F)c(F)cc2F)ccc1N)c1ccc(NC(=O)OCCN(C)C)cc1. The first-order valence-electron chi connectivity index (χ1n) is 10.6. The van der Waals surface area contributed by atoms with Gasteiger partial charge in [0.2, 0.25) is 0 Å². The number of anilines is 3. The number of benzene rings is 3. The number of nitrogens with zero attached hydrogens (tertiary/aromatic N) is 1. The van der Waals surface area contributed by atoms with Crippen molar-refractivity contribution < 1.29 is 22.7 Å². The minimum atomic E-state index is -1.27. The zero-order valence-corrected chi connectivity index (χ0v) is 19.3. The highest BCUT2D eigenvalue weighted by Gasteiger charge is 2.14. The number of nitrogens with two attached hydrogens (primary N) is 1. The summed E-state index contributed by atoms with van der Waals surface area (Å²) >= 11 is 0. The van der Waals surface area contributed by atoms with Gasteiger partial charge in [-0.15, -0.1) is 5.73 Å². The Labute approximate surface area is 201 Å². The molecule has 9 heteroatoms. The summed E-state index contributed by atoms with van der Waals surface area (Å²) in [6.45, 7) is 4.56. The quantitative estimate of drug-likeness (QED) is 0.218. The molecule has 4 N–H and O–H groups in total. The number of hydrogen-bond acceptors (Lipinski definition) is 5. The number of carbonyl (C=O) groups excluding carboxylic acids is 1. The summed E-state index contributed by atoms with van der Waals surface area (Å²) in [5.74, 6) is -3.33. The monoisotopic (exact) mass is 482 g/mol. The van der Waals surface area contributed by atoms with Crippen LogP contribution in [0.2, 0.25) is 0 Å². The molecular weight excluding hydrogens is 457 g/mol. The van der Waals surface area contributed by atoms with Crippen molar-refractivity contribution >= 4 is 28.9 Å². The fourth-order valence-corrected chi connectivity index (χ4v) is 3.12. The number of carbonyl (C=O) groups is 1. The van der Waals surface area contributed by atoms with Gasteiger partial charge in [-0.05, 0) is 50.0 Å². The molecule has 3 rings (SSSR count). The first kappa shape index (κ1) is 25.4. The van der Waals surface area contributed by atoms with E-state index in [1.54, 1.807) is 24.3 Å². The normalized spacial score (nSPS) is 10.6. The Bertz CT molecular complexity index is 1270. The van der Waals surface area contributed by atoms with Gasteiger partial charge < -0.3 is 20.7 Å². The molecule has 1 amide bonds. The Kier molecular flexibility index (Phi) is 8.20. The maximum Gasteiger partial charge on any atom is 0.411 e. The zero-order valence-electron chi connectivity index (χ0n) is 19.3. The summed E-state index contributed by atoms with van der Waals surface area (Å²) in [7, 11) is 3.76. The van der Waals surface area contributed by atoms with Crippen LogP contribution in [0.3, 0.4) is 0 Å². The molecule has 0 fully saturated rings. The predicted molar refractivity (Wildman–Crippen MR) is 132 cm³/mol. The second-order valence-corrected chi connectivity index (χ2v) is 7.87. The average molecular weight is 483 g/mol. The van der Waals surface area contributed by atoms with Crippen molar-refractivity contribution in [3.05, 3.63) is 89.9 Å². The minimum Gasteiger partial charge on any atom is -0.448 e. The molecule has 0 atom stereocenters. The molecule has 0 saturated heterocycles. The summed E-state index contributed by atoms with van der Waals surface area (Å²) in [5.41, 5.74) is 11.4. The van der Waals surface area contributed by atoms with E-state index in [4.69, 9.17) is 10.5 Å². The van der Waals surface area contributed by atoms with Gasteiger partial charge >= 0.3 is 6.09 Å². The van der Waals surface area contributed by atoms with E-state index in [1.807, 2.05) is 19.0 Å². The molecule has 35 heavy (non-hydrogen) atoms. The summed E-state index contributed by atoms with van der Waals surface area (Å²) in [6, 6.07) is 12.6. The Balaban J connectivity index is 1.75. The second-order valence-electron chi connectivity index (χ2n) is 7.87. The summed E-state index contributed by atoms with van der Waals surface area (Å²) in [5, 5.41) is 5.72. The topological polar surface area (TPSA) is 79.6 Å². The van der Waals surface area contributed by atoms with Crippen LogP contribution in [-0.2, 0) is 4.74 Å². The first-order chi connectivity index (χ1) is 16.7. The van der Waals surface area contributed by atoms with Crippen molar-refractivity contribution in [3.63, 3.8) is 0 Å². The average Bonchev–Trinajstić information content (AvgIpc) is 2.81. The number of ether oxygens (including phenoxy) is 1. The molecule has 0 spiro atoms. The third kappa shape index (κ3) is 6.66. The molecular formula is C26H25F3N4O2. The van der Waals surface area contributed by atoms with Gasteiger partial charge in [-0.2, -0.15) is 0 Å². The van der Waals surface area contributed by atoms with Crippen LogP contribution in [0.4, 0.5) is 35.0 Å². The van der Waals surface area contributed by atoms with E-state index in [2.05, 4.69) is 22.9 Å². The van der Waals surface area contributed by atoms with Crippen LogP contribution < -0.4 is 16.4 Å². The zero-order chi connectivity index (χ0) is 25.5. The Morgan fingerprint density at radius 2 is 1.69 bits per heavy atom. The summed E-state index contributed by atoms with van der Waals surface area (Å²) in [4.78, 5) is 13.8. The van der Waals surface area contributed by atoms with Gasteiger partial charge in [0.15, 0.2) is 11.6 Å². The van der Waals surface area contributed by atoms with Gasteiger partial charge in [0.05, 0.1) is 17.1 Å². The van der Waals surface area contributed by atoms with Crippen LogP contribution >= 0.6 is 0 Å². The summed E-state index contributed by atoms with van der Waals surface area (Å²) < 4.78 is 46.3. The van der Waals surface area contributed by atoms with Crippen molar-refractivity contribution in [3.8, 4) is 11.1 Å². The van der Waals surface area contributed by atoms with Crippen molar-refractivity contribution in [2.45, 2.75) is 0 Å². The number of rotatable bonds is 8. The highest BCUT2D eigenvalue weighted by atomic mass is 19.2. The van der Waals surface area contributed by atoms with Gasteiger partial charge in [-0.3, -0.25) is 5.32 Å². The molecule has 0 aliphatic heterocycles. The number of amides is 1. The maximum atomic E-state index is 14.2. The van der Waals surface area contributed by atoms with Crippen molar-refractivity contribution in [2.24, 2.45) is 0 Å². The molecule has 0 aliphatic rings. The summed E-state index contributed by atoms with van der Waals surface area (Å²) in [6.07, 6.45) is -0.564. The number of hydrogen-bond donors (Lipinski definition) is 3. The van der Waals surface area contributed by atoms with Gasteiger partial charge in [0.1, 0.15) is 12.4 Å². The van der Waals surface area contributed by atoms with E-state index >= 15 is 0 Å². The number of halogens is 3. The van der Waals surface area contributed by atoms with E-state index in [9.17, 15) is 18.0 Å². The fourth-order valence-electron chi connectivity index (χ4n) is 3.12. The van der Waals surface area contributed by atoms with Gasteiger partial charge in [0.25, 0.3) is 0 Å². The lowest BCUT2D eigenvalue weighted by Gasteiger charge is -2.14. The predicted octanol–water partition coefficient (Wildman–Crippen LogP) is 5.70. The lowest BCUT2D eigenvalue weighted by atomic mass is 10.0. The molecule has 3 aromatic carbocycles. The molecule has 0 aromatic heterocycles. The smallest absolute Gasteiger partial charge is 0.411 e. The van der Waals surface area contributed by atoms with Crippen molar-refractivity contribution in [1.29, 1.82) is 0 Å². The maximum absolute atomic E-state index is 14.2. The van der Waals surface area contributed by atoms with E-state index in [-0.39, 0.29) is 12.2 Å². The Morgan fingerprint density at radius 3 is 2.34 bits per heavy atom. The van der Waals surface area contributed by atoms with Gasteiger partial charge in [-0.1, -0.05) is 24.8 Å². The Hall–Kier alpha value is -4.20. The van der Waals surface area contributed by atoms with E-state index < -0.39 is 23.5 Å². The van der Waals surface area contributed by atoms with E-state index in [0.29, 0.717) is 46.5 Å². The molecule has 0 heterocycles. The highest BCUT2D eigenvalue weighted by Crippen LogP contribution is 2.32. The van der Waals surface area contributed by atoms with E-state index in [0.717, 1.165) is 6.07 Å². The highest BCUT2D eigenvalue weighted by molar-refractivity contribution is 5.87. The van der Waals surface area contributed by atoms with Crippen LogP contribution in [-0.4, -0.2) is 38.2 Å². The standard InChI is InChI=1S/C26H25F3N4O2/c1-4-24(16-5-8-18(9-6-16)31-26(34)35-12-11-33(2)3)32-25-13-17(7-10-23(25)30)19-14-21(28)22(29)15-20(19)27/h5-10,13-15,32H,1,11-12,30H2,2-3H3,(H,31,34). The third-order valence-corrected chi connectivity index (χ3v) is 5.00. The van der Waals surface area contributed by atoms with Crippen molar-refractivity contribution in [2.75, 3.05) is 43.6 Å². The molecule has 0 saturated carbocycles. The first-order valence-corrected chi connectivity index (χ1v) is 10.6. The molecule has 182 valence electrons. The number of nitrogens with one attached hydrogen (secondary N) is 2. The lowest BCUT2D eigenvalue weighted by Crippen LogP contribution is -2.22.